The summed E-state index contributed by atoms with van der Waals surface area (Å²) in [4.78, 5) is 10.7. The van der Waals surface area contributed by atoms with E-state index in [1.165, 1.54) is 0 Å². The summed E-state index contributed by atoms with van der Waals surface area (Å²) < 4.78 is 0. The van der Waals surface area contributed by atoms with Crippen LogP contribution in [0.25, 0.3) is 0 Å². The average Bonchev–Trinajstić information content (AvgIpc) is 1.81. The summed E-state index contributed by atoms with van der Waals surface area (Å²) >= 11 is 5.33. The van der Waals surface area contributed by atoms with Gasteiger partial charge in [0.2, 0.25) is 5.24 Å². The van der Waals surface area contributed by atoms with E-state index in [1.807, 2.05) is 27.7 Å². The van der Waals surface area contributed by atoms with Gasteiger partial charge in [0.15, 0.2) is 0 Å². The van der Waals surface area contributed by atoms with Crippen LogP contribution in [0.5, 0.6) is 0 Å². The van der Waals surface area contributed by atoms with Gasteiger partial charge in [-0.1, -0.05) is 27.7 Å². The first-order valence-corrected chi connectivity index (χ1v) is 4.86. The van der Waals surface area contributed by atoms with Crippen LogP contribution in [-0.4, -0.2) is 17.0 Å². The molecule has 0 spiro atoms. The quantitative estimate of drug-likeness (QED) is 0.703. The summed E-state index contributed by atoms with van der Waals surface area (Å²) in [5.74, 6) is 0. The first-order chi connectivity index (χ1) is 5.68. The lowest BCUT2D eigenvalue weighted by atomic mass is 9.74. The Kier molecular flexibility index (Phi) is 4.40. The van der Waals surface area contributed by atoms with Crippen LogP contribution in [0, 0.1) is 10.8 Å². The van der Waals surface area contributed by atoms with Gasteiger partial charge in [0.05, 0.1) is 0 Å². The van der Waals surface area contributed by atoms with E-state index < -0.39 is 0 Å². The molecule has 0 aromatic rings. The molecular formula is C10H19ClO2. The van der Waals surface area contributed by atoms with Gasteiger partial charge < -0.3 is 5.11 Å². The Hall–Kier alpha value is -0.0800. The highest BCUT2D eigenvalue weighted by Crippen LogP contribution is 2.36. The summed E-state index contributed by atoms with van der Waals surface area (Å²) in [6.45, 7) is 8.07. The number of aliphatic hydroxyl groups excluding tert-OH is 1. The van der Waals surface area contributed by atoms with E-state index >= 15 is 0 Å². The molecule has 0 radical (unpaired) electrons. The fraction of sp³-hybridized carbons (Fsp3) is 0.900. The fourth-order valence-corrected chi connectivity index (χ4v) is 2.15. The molecule has 1 N–H and O–H groups in total. The molecule has 0 aromatic heterocycles. The number of halogens is 1. The molecule has 13 heavy (non-hydrogen) atoms. The maximum absolute atomic E-state index is 10.7. The van der Waals surface area contributed by atoms with Crippen LogP contribution in [0.15, 0.2) is 0 Å². The van der Waals surface area contributed by atoms with Crippen LogP contribution in [0.1, 0.15) is 40.5 Å². The van der Waals surface area contributed by atoms with Crippen LogP contribution in [0.4, 0.5) is 0 Å². The molecule has 0 aliphatic heterocycles. The predicted octanol–water partition coefficient (Wildman–Crippen LogP) is 2.58. The Morgan fingerprint density at radius 2 is 1.69 bits per heavy atom. The van der Waals surface area contributed by atoms with E-state index in [9.17, 15) is 4.79 Å². The normalized spacial score (nSPS) is 13.1. The molecule has 0 aromatic carbocycles. The minimum atomic E-state index is -0.307. The van der Waals surface area contributed by atoms with Gasteiger partial charge in [-0.3, -0.25) is 4.79 Å². The second-order valence-electron chi connectivity index (χ2n) is 5.20. The number of carbonyl (C=O) groups is 1. The van der Waals surface area contributed by atoms with Gasteiger partial charge in [-0.15, -0.1) is 0 Å². The van der Waals surface area contributed by atoms with Gasteiger partial charge >= 0.3 is 0 Å². The van der Waals surface area contributed by atoms with Gasteiger partial charge in [0.1, 0.15) is 0 Å². The molecule has 0 rings (SSSR count). The lowest BCUT2D eigenvalue weighted by Crippen LogP contribution is -2.27. The van der Waals surface area contributed by atoms with Crippen molar-refractivity contribution >= 4 is 16.8 Å². The zero-order valence-corrected chi connectivity index (χ0v) is 9.61. The Morgan fingerprint density at radius 3 is 2.00 bits per heavy atom. The van der Waals surface area contributed by atoms with Crippen LogP contribution < -0.4 is 0 Å². The van der Waals surface area contributed by atoms with Crippen molar-refractivity contribution in [2.45, 2.75) is 40.5 Å². The highest BCUT2D eigenvalue weighted by molar-refractivity contribution is 6.63. The van der Waals surface area contributed by atoms with Gasteiger partial charge in [0.25, 0.3) is 0 Å². The highest BCUT2D eigenvalue weighted by atomic mass is 35.5. The van der Waals surface area contributed by atoms with Crippen molar-refractivity contribution in [2.75, 3.05) is 6.61 Å². The maximum Gasteiger partial charge on any atom is 0.222 e. The average molecular weight is 207 g/mol. The Labute approximate surface area is 85.3 Å². The van der Waals surface area contributed by atoms with E-state index in [2.05, 4.69) is 0 Å². The third-order valence-corrected chi connectivity index (χ3v) is 2.14. The van der Waals surface area contributed by atoms with E-state index in [-0.39, 0.29) is 22.7 Å². The maximum atomic E-state index is 10.7. The van der Waals surface area contributed by atoms with Crippen molar-refractivity contribution in [3.8, 4) is 0 Å². The smallest absolute Gasteiger partial charge is 0.222 e. The SMILES string of the molecule is CC(C)(CO)CC(C)(C)CC(=O)Cl. The monoisotopic (exact) mass is 206 g/mol. The Balaban J connectivity index is 4.24. The van der Waals surface area contributed by atoms with Crippen molar-refractivity contribution in [1.82, 2.24) is 0 Å². The molecule has 0 fully saturated rings. The number of hydrogen-bond acceptors (Lipinski definition) is 2. The number of rotatable bonds is 5. The largest absolute Gasteiger partial charge is 0.396 e. The van der Waals surface area contributed by atoms with E-state index in [0.717, 1.165) is 6.42 Å². The van der Waals surface area contributed by atoms with Crippen LogP contribution in [0.3, 0.4) is 0 Å². The van der Waals surface area contributed by atoms with Crippen LogP contribution in [-0.2, 0) is 4.79 Å². The summed E-state index contributed by atoms with van der Waals surface area (Å²) in [5.41, 5.74) is -0.277. The summed E-state index contributed by atoms with van der Waals surface area (Å²) in [5, 5.41) is 8.77. The second-order valence-corrected chi connectivity index (χ2v) is 5.62. The van der Waals surface area contributed by atoms with Crippen molar-refractivity contribution < 1.29 is 9.90 Å². The number of aliphatic hydroxyl groups is 1. The molecule has 0 saturated carbocycles. The fourth-order valence-electron chi connectivity index (χ4n) is 1.79. The summed E-state index contributed by atoms with van der Waals surface area (Å²) in [7, 11) is 0. The molecule has 0 heterocycles. The van der Waals surface area contributed by atoms with Gasteiger partial charge in [-0.2, -0.15) is 0 Å². The topological polar surface area (TPSA) is 37.3 Å². The van der Waals surface area contributed by atoms with Crippen LogP contribution >= 0.6 is 11.6 Å². The van der Waals surface area contributed by atoms with Gasteiger partial charge in [-0.25, -0.2) is 0 Å². The van der Waals surface area contributed by atoms with Gasteiger partial charge in [-0.05, 0) is 28.9 Å². The molecule has 0 unspecified atom stereocenters. The standard InChI is InChI=1S/C10H19ClO2/c1-9(2,5-8(11)13)6-10(3,4)7-12/h12H,5-7H2,1-4H3. The molecule has 0 saturated heterocycles. The lowest BCUT2D eigenvalue weighted by molar-refractivity contribution is -0.113. The Bertz CT molecular complexity index is 185. The molecule has 0 aliphatic carbocycles. The molecule has 3 heteroatoms. The molecule has 0 aliphatic rings. The molecule has 0 atom stereocenters. The first-order valence-electron chi connectivity index (χ1n) is 4.48. The van der Waals surface area contributed by atoms with Crippen molar-refractivity contribution in [3.63, 3.8) is 0 Å². The van der Waals surface area contributed by atoms with E-state index in [1.54, 1.807) is 0 Å². The molecule has 78 valence electrons. The lowest BCUT2D eigenvalue weighted by Gasteiger charge is -2.32. The second kappa shape index (κ2) is 4.43. The van der Waals surface area contributed by atoms with E-state index in [0.29, 0.717) is 6.42 Å². The van der Waals surface area contributed by atoms with Gasteiger partial charge in [0, 0.05) is 13.0 Å². The van der Waals surface area contributed by atoms with E-state index in [4.69, 9.17) is 16.7 Å². The zero-order valence-electron chi connectivity index (χ0n) is 8.85. The first kappa shape index (κ1) is 12.9. The third kappa shape index (κ3) is 6.05. The number of carbonyl (C=O) groups excluding carboxylic acids is 1. The third-order valence-electron chi connectivity index (χ3n) is 2.00. The minimum absolute atomic E-state index is 0.132. The highest BCUT2D eigenvalue weighted by Gasteiger charge is 2.29. The Morgan fingerprint density at radius 1 is 1.23 bits per heavy atom. The predicted molar refractivity (Wildman–Crippen MR) is 54.7 cm³/mol. The number of hydrogen-bond donors (Lipinski definition) is 1. The van der Waals surface area contributed by atoms with Crippen LogP contribution in [0.2, 0.25) is 0 Å². The molecule has 0 bridgehead atoms. The van der Waals surface area contributed by atoms with Crippen molar-refractivity contribution in [1.29, 1.82) is 0 Å². The molecule has 0 amide bonds. The van der Waals surface area contributed by atoms with Crippen molar-refractivity contribution in [3.05, 3.63) is 0 Å². The minimum Gasteiger partial charge on any atom is -0.396 e. The van der Waals surface area contributed by atoms with Crippen molar-refractivity contribution in [2.24, 2.45) is 10.8 Å². The zero-order chi connectivity index (χ0) is 10.7. The summed E-state index contributed by atoms with van der Waals surface area (Å²) in [6.07, 6.45) is 1.15. The molecular weight excluding hydrogens is 188 g/mol. The summed E-state index contributed by atoms with van der Waals surface area (Å²) in [6, 6.07) is 0. The molecule has 2 nitrogen and oxygen atoms in total.